The zero-order chi connectivity index (χ0) is 15.4. The fourth-order valence-electron chi connectivity index (χ4n) is 3.75. The van der Waals surface area contributed by atoms with Crippen molar-refractivity contribution >= 4 is 10.8 Å². The quantitative estimate of drug-likeness (QED) is 0.866. The van der Waals surface area contributed by atoms with Crippen molar-refractivity contribution in [1.29, 1.82) is 0 Å². The van der Waals surface area contributed by atoms with Gasteiger partial charge in [0, 0.05) is 28.3 Å². The summed E-state index contributed by atoms with van der Waals surface area (Å²) in [6, 6.07) is 4.66. The Morgan fingerprint density at radius 3 is 2.29 bits per heavy atom. The average Bonchev–Trinajstić information content (AvgIpc) is 2.89. The Labute approximate surface area is 132 Å². The van der Waals surface area contributed by atoms with Gasteiger partial charge in [-0.1, -0.05) is 30.5 Å². The van der Waals surface area contributed by atoms with Gasteiger partial charge in [-0.05, 0) is 63.3 Å². The van der Waals surface area contributed by atoms with Gasteiger partial charge < -0.3 is 5.32 Å². The standard InChI is InChI=1S/C18H29NOS/c1-13-9-14(2)18(15(3)10-13)17(19-4)12-21(20)11-16-7-5-6-8-16/h9-10,16-17,19H,5-8,11-12H2,1-4H3. The maximum atomic E-state index is 12.5. The molecular weight excluding hydrogens is 278 g/mol. The predicted octanol–water partition coefficient (Wildman–Crippen LogP) is 3.81. The van der Waals surface area contributed by atoms with Crippen LogP contribution < -0.4 is 5.32 Å². The summed E-state index contributed by atoms with van der Waals surface area (Å²) in [6.45, 7) is 6.47. The third-order valence-corrected chi connectivity index (χ3v) is 6.23. The molecule has 2 nitrogen and oxygen atoms in total. The first-order valence-electron chi connectivity index (χ1n) is 8.11. The van der Waals surface area contributed by atoms with E-state index in [1.165, 1.54) is 47.9 Å². The van der Waals surface area contributed by atoms with Crippen molar-refractivity contribution < 1.29 is 4.21 Å². The second kappa shape index (κ2) is 7.55. The minimum atomic E-state index is -0.725. The van der Waals surface area contributed by atoms with Crippen molar-refractivity contribution in [1.82, 2.24) is 5.32 Å². The molecule has 0 amide bonds. The van der Waals surface area contributed by atoms with E-state index < -0.39 is 10.8 Å². The van der Waals surface area contributed by atoms with E-state index in [4.69, 9.17) is 0 Å². The van der Waals surface area contributed by atoms with Gasteiger partial charge in [-0.2, -0.15) is 0 Å². The smallest absolute Gasteiger partial charge is 0.0439 e. The highest BCUT2D eigenvalue weighted by Gasteiger charge is 2.22. The highest BCUT2D eigenvalue weighted by Crippen LogP contribution is 2.28. The molecule has 0 bridgehead atoms. The van der Waals surface area contributed by atoms with Gasteiger partial charge in [0.2, 0.25) is 0 Å². The molecule has 118 valence electrons. The molecular formula is C18H29NOS. The van der Waals surface area contributed by atoms with E-state index in [-0.39, 0.29) is 6.04 Å². The summed E-state index contributed by atoms with van der Waals surface area (Å²) in [7, 11) is 1.26. The number of benzene rings is 1. The Hall–Kier alpha value is -0.670. The molecule has 0 spiro atoms. The number of rotatable bonds is 6. The number of aryl methyl sites for hydroxylation is 3. The molecule has 0 aromatic heterocycles. The van der Waals surface area contributed by atoms with Crippen LogP contribution in [0.5, 0.6) is 0 Å². The monoisotopic (exact) mass is 307 g/mol. The molecule has 2 atom stereocenters. The van der Waals surface area contributed by atoms with Crippen molar-refractivity contribution in [3.05, 3.63) is 34.4 Å². The van der Waals surface area contributed by atoms with Crippen LogP contribution in [0.25, 0.3) is 0 Å². The lowest BCUT2D eigenvalue weighted by Gasteiger charge is -2.22. The Morgan fingerprint density at radius 1 is 1.19 bits per heavy atom. The lowest BCUT2D eigenvalue weighted by Crippen LogP contribution is -2.26. The van der Waals surface area contributed by atoms with Crippen LogP contribution in [0.3, 0.4) is 0 Å². The van der Waals surface area contributed by atoms with E-state index in [1.54, 1.807) is 0 Å². The third-order valence-electron chi connectivity index (χ3n) is 4.68. The van der Waals surface area contributed by atoms with Crippen LogP contribution in [0.2, 0.25) is 0 Å². The second-order valence-electron chi connectivity index (χ2n) is 6.58. The average molecular weight is 308 g/mol. The molecule has 2 rings (SSSR count). The van der Waals surface area contributed by atoms with Gasteiger partial charge >= 0.3 is 0 Å². The van der Waals surface area contributed by atoms with Crippen LogP contribution in [-0.4, -0.2) is 22.8 Å². The Kier molecular flexibility index (Phi) is 6.00. The molecule has 0 heterocycles. The molecule has 1 N–H and O–H groups in total. The summed E-state index contributed by atoms with van der Waals surface area (Å²) in [4.78, 5) is 0. The van der Waals surface area contributed by atoms with E-state index in [2.05, 4.69) is 38.2 Å². The zero-order valence-electron chi connectivity index (χ0n) is 13.9. The molecule has 0 saturated heterocycles. The van der Waals surface area contributed by atoms with E-state index in [0.717, 1.165) is 11.5 Å². The normalized spacial score (nSPS) is 18.9. The van der Waals surface area contributed by atoms with Crippen molar-refractivity contribution in [2.24, 2.45) is 5.92 Å². The summed E-state index contributed by atoms with van der Waals surface area (Å²) < 4.78 is 12.5. The molecule has 1 aromatic carbocycles. The van der Waals surface area contributed by atoms with Crippen molar-refractivity contribution in [3.63, 3.8) is 0 Å². The van der Waals surface area contributed by atoms with Crippen LogP contribution in [-0.2, 0) is 10.8 Å². The molecule has 3 heteroatoms. The fourth-order valence-corrected chi connectivity index (χ4v) is 5.45. The largest absolute Gasteiger partial charge is 0.312 e. The molecule has 0 radical (unpaired) electrons. The molecule has 1 fully saturated rings. The molecule has 1 saturated carbocycles. The zero-order valence-corrected chi connectivity index (χ0v) is 14.7. The maximum Gasteiger partial charge on any atom is 0.0439 e. The minimum Gasteiger partial charge on any atom is -0.312 e. The van der Waals surface area contributed by atoms with Gasteiger partial charge in [0.1, 0.15) is 0 Å². The second-order valence-corrected chi connectivity index (χ2v) is 8.12. The molecule has 1 aliphatic carbocycles. The topological polar surface area (TPSA) is 29.1 Å². The maximum absolute atomic E-state index is 12.5. The highest BCUT2D eigenvalue weighted by atomic mass is 32.2. The van der Waals surface area contributed by atoms with E-state index in [9.17, 15) is 4.21 Å². The van der Waals surface area contributed by atoms with Crippen LogP contribution in [0.1, 0.15) is 54.0 Å². The molecule has 0 aliphatic heterocycles. The third kappa shape index (κ3) is 4.40. The van der Waals surface area contributed by atoms with Gasteiger partial charge in [0.15, 0.2) is 0 Å². The fraction of sp³-hybridized carbons (Fsp3) is 0.667. The predicted molar refractivity (Wildman–Crippen MR) is 92.3 cm³/mol. The number of hydrogen-bond donors (Lipinski definition) is 1. The first-order chi connectivity index (χ1) is 10.0. The van der Waals surface area contributed by atoms with E-state index in [0.29, 0.717) is 5.92 Å². The van der Waals surface area contributed by atoms with Gasteiger partial charge in [0.25, 0.3) is 0 Å². The van der Waals surface area contributed by atoms with Gasteiger partial charge in [0.05, 0.1) is 0 Å². The molecule has 1 aromatic rings. The Morgan fingerprint density at radius 2 is 1.76 bits per heavy atom. The lowest BCUT2D eigenvalue weighted by molar-refractivity contribution is 0.593. The minimum absolute atomic E-state index is 0.202. The SMILES string of the molecule is CNC(CS(=O)CC1CCCC1)c1c(C)cc(C)cc1C. The summed E-state index contributed by atoms with van der Waals surface area (Å²) in [5.74, 6) is 2.32. The summed E-state index contributed by atoms with van der Waals surface area (Å²) >= 11 is 0. The van der Waals surface area contributed by atoms with Gasteiger partial charge in [-0.25, -0.2) is 0 Å². The van der Waals surface area contributed by atoms with Crippen LogP contribution >= 0.6 is 0 Å². The van der Waals surface area contributed by atoms with Crippen molar-refractivity contribution in [2.75, 3.05) is 18.6 Å². The van der Waals surface area contributed by atoms with Crippen LogP contribution in [0.4, 0.5) is 0 Å². The summed E-state index contributed by atoms with van der Waals surface area (Å²) in [5.41, 5.74) is 5.26. The van der Waals surface area contributed by atoms with Crippen molar-refractivity contribution in [3.8, 4) is 0 Å². The van der Waals surface area contributed by atoms with Crippen molar-refractivity contribution in [2.45, 2.75) is 52.5 Å². The highest BCUT2D eigenvalue weighted by molar-refractivity contribution is 7.85. The molecule has 2 unspecified atom stereocenters. The first-order valence-corrected chi connectivity index (χ1v) is 9.60. The van der Waals surface area contributed by atoms with E-state index in [1.807, 2.05) is 7.05 Å². The van der Waals surface area contributed by atoms with E-state index >= 15 is 0 Å². The van der Waals surface area contributed by atoms with Crippen LogP contribution in [0.15, 0.2) is 12.1 Å². The van der Waals surface area contributed by atoms with Gasteiger partial charge in [-0.3, -0.25) is 4.21 Å². The number of hydrogen-bond acceptors (Lipinski definition) is 2. The van der Waals surface area contributed by atoms with Gasteiger partial charge in [-0.15, -0.1) is 0 Å². The lowest BCUT2D eigenvalue weighted by atomic mass is 9.95. The first kappa shape index (κ1) is 16.7. The molecule has 21 heavy (non-hydrogen) atoms. The van der Waals surface area contributed by atoms with Crippen LogP contribution in [0, 0.1) is 26.7 Å². The Balaban J connectivity index is 2.07. The molecule has 1 aliphatic rings. The Bertz CT molecular complexity index is 483. The number of nitrogens with one attached hydrogen (secondary N) is 1. The summed E-state index contributed by atoms with van der Waals surface area (Å²) in [6.07, 6.45) is 5.21. The summed E-state index contributed by atoms with van der Waals surface area (Å²) in [5, 5.41) is 3.38.